The number of hydrogen-bond acceptors (Lipinski definition) is 3. The molecule has 0 atom stereocenters. The molecule has 0 spiro atoms. The second-order valence-corrected chi connectivity index (χ2v) is 3.21. The highest BCUT2D eigenvalue weighted by atomic mass is 14.8. The summed E-state index contributed by atoms with van der Waals surface area (Å²) >= 11 is 0. The highest BCUT2D eigenvalue weighted by molar-refractivity contribution is 5.38. The van der Waals surface area contributed by atoms with Crippen molar-refractivity contribution in [1.82, 2.24) is 4.98 Å². The van der Waals surface area contributed by atoms with Gasteiger partial charge in [-0.1, -0.05) is 0 Å². The fraction of sp³-hybridized carbons (Fsp3) is 0.333. The number of pyridine rings is 1. The number of aromatic nitrogens is 1. The third-order valence-corrected chi connectivity index (χ3v) is 1.78. The number of hydrogen-bond donors (Lipinski definition) is 1. The van der Waals surface area contributed by atoms with Gasteiger partial charge in [-0.05, 0) is 31.5 Å². The van der Waals surface area contributed by atoms with Crippen molar-refractivity contribution in [3.63, 3.8) is 0 Å². The van der Waals surface area contributed by atoms with Gasteiger partial charge in [0.1, 0.15) is 5.82 Å². The molecule has 0 aliphatic rings. The van der Waals surface area contributed by atoms with Gasteiger partial charge in [-0.25, -0.2) is 4.98 Å². The van der Waals surface area contributed by atoms with Gasteiger partial charge in [0.05, 0.1) is 11.5 Å². The van der Waals surface area contributed by atoms with Crippen molar-refractivity contribution in [2.24, 2.45) is 0 Å². The lowest BCUT2D eigenvalue weighted by Gasteiger charge is -2.15. The smallest absolute Gasteiger partial charge is 0.123 e. The molecule has 12 heavy (non-hydrogen) atoms. The number of nitrogen functional groups attached to an aromatic ring is 1. The molecule has 2 N–H and O–H groups in total. The van der Waals surface area contributed by atoms with Crippen molar-refractivity contribution < 1.29 is 0 Å². The largest absolute Gasteiger partial charge is 0.384 e. The minimum absolute atomic E-state index is 0.454. The zero-order valence-electron chi connectivity index (χ0n) is 7.20. The second-order valence-electron chi connectivity index (χ2n) is 3.21. The van der Waals surface area contributed by atoms with E-state index in [1.807, 2.05) is 13.8 Å². The van der Waals surface area contributed by atoms with Crippen molar-refractivity contribution in [2.45, 2.75) is 19.3 Å². The van der Waals surface area contributed by atoms with Crippen molar-refractivity contribution in [2.75, 3.05) is 5.73 Å². The summed E-state index contributed by atoms with van der Waals surface area (Å²) in [5.41, 5.74) is 5.90. The quantitative estimate of drug-likeness (QED) is 0.678. The molecule has 0 saturated carbocycles. The van der Waals surface area contributed by atoms with Gasteiger partial charge in [-0.3, -0.25) is 0 Å². The summed E-state index contributed by atoms with van der Waals surface area (Å²) in [6.07, 6.45) is 1.61. The van der Waals surface area contributed by atoms with Crippen LogP contribution in [0.5, 0.6) is 0 Å². The predicted octanol–water partition coefficient (Wildman–Crippen LogP) is 1.46. The Labute approximate surface area is 71.8 Å². The number of nitrogens with two attached hydrogens (primary N) is 1. The lowest BCUT2D eigenvalue weighted by Crippen LogP contribution is -2.14. The highest BCUT2D eigenvalue weighted by Crippen LogP contribution is 2.22. The predicted molar refractivity (Wildman–Crippen MR) is 47.3 cm³/mol. The van der Waals surface area contributed by atoms with E-state index in [4.69, 9.17) is 11.0 Å². The van der Waals surface area contributed by atoms with E-state index in [0.717, 1.165) is 5.56 Å². The molecular formula is C9H11N3. The maximum atomic E-state index is 8.83. The van der Waals surface area contributed by atoms with Crippen LogP contribution < -0.4 is 5.73 Å². The van der Waals surface area contributed by atoms with Gasteiger partial charge >= 0.3 is 0 Å². The summed E-state index contributed by atoms with van der Waals surface area (Å²) < 4.78 is 0. The fourth-order valence-corrected chi connectivity index (χ4v) is 0.902. The molecule has 3 nitrogen and oxygen atoms in total. The van der Waals surface area contributed by atoms with Crippen LogP contribution in [0.4, 0.5) is 5.82 Å². The molecular weight excluding hydrogens is 150 g/mol. The molecule has 0 fully saturated rings. The maximum absolute atomic E-state index is 8.83. The third-order valence-electron chi connectivity index (χ3n) is 1.78. The molecule has 1 heterocycles. The molecule has 1 aromatic rings. The minimum atomic E-state index is -0.489. The maximum Gasteiger partial charge on any atom is 0.123 e. The first-order valence-electron chi connectivity index (χ1n) is 3.69. The van der Waals surface area contributed by atoms with Gasteiger partial charge in [0.15, 0.2) is 0 Å². The van der Waals surface area contributed by atoms with E-state index in [9.17, 15) is 0 Å². The molecule has 0 amide bonds. The van der Waals surface area contributed by atoms with Crippen LogP contribution in [0.3, 0.4) is 0 Å². The Balaban J connectivity index is 3.14. The molecule has 0 radical (unpaired) electrons. The van der Waals surface area contributed by atoms with Gasteiger partial charge in [-0.2, -0.15) is 5.26 Å². The van der Waals surface area contributed by atoms with Crippen LogP contribution in [-0.4, -0.2) is 4.98 Å². The van der Waals surface area contributed by atoms with Gasteiger partial charge in [0.2, 0.25) is 0 Å². The number of nitriles is 1. The second kappa shape index (κ2) is 2.82. The van der Waals surface area contributed by atoms with Gasteiger partial charge in [0, 0.05) is 6.20 Å². The fourth-order valence-electron chi connectivity index (χ4n) is 0.902. The molecule has 0 aromatic carbocycles. The van der Waals surface area contributed by atoms with E-state index in [2.05, 4.69) is 11.1 Å². The first kappa shape index (κ1) is 8.54. The summed E-state index contributed by atoms with van der Waals surface area (Å²) in [5.74, 6) is 0.454. The van der Waals surface area contributed by atoms with Crippen LogP contribution in [0.2, 0.25) is 0 Å². The van der Waals surface area contributed by atoms with Crippen molar-refractivity contribution in [3.05, 3.63) is 23.9 Å². The summed E-state index contributed by atoms with van der Waals surface area (Å²) in [6, 6.07) is 5.73. The molecule has 0 aliphatic heterocycles. The topological polar surface area (TPSA) is 62.7 Å². The number of nitrogens with zero attached hydrogens (tertiary/aromatic N) is 2. The molecule has 0 bridgehead atoms. The molecule has 1 rings (SSSR count). The van der Waals surface area contributed by atoms with Gasteiger partial charge in [0.25, 0.3) is 0 Å². The summed E-state index contributed by atoms with van der Waals surface area (Å²) in [6.45, 7) is 3.70. The standard InChI is InChI=1S/C9H11N3/c1-9(2,6-10)7-3-4-12-8(11)5-7/h3-5H,1-2H3,(H2,11,12). The van der Waals surface area contributed by atoms with Gasteiger partial charge in [-0.15, -0.1) is 0 Å². The van der Waals surface area contributed by atoms with Crippen LogP contribution in [0, 0.1) is 11.3 Å². The van der Waals surface area contributed by atoms with E-state index in [-0.39, 0.29) is 0 Å². The molecule has 62 valence electrons. The third kappa shape index (κ3) is 1.54. The highest BCUT2D eigenvalue weighted by Gasteiger charge is 2.19. The lowest BCUT2D eigenvalue weighted by molar-refractivity contribution is 0.686. The Morgan fingerprint density at radius 1 is 1.58 bits per heavy atom. The molecule has 3 heteroatoms. The molecule has 1 aromatic heterocycles. The Kier molecular flexibility index (Phi) is 2.01. The monoisotopic (exact) mass is 161 g/mol. The summed E-state index contributed by atoms with van der Waals surface area (Å²) in [7, 11) is 0. The van der Waals surface area contributed by atoms with Crippen LogP contribution in [0.1, 0.15) is 19.4 Å². The van der Waals surface area contributed by atoms with Crippen LogP contribution in [-0.2, 0) is 5.41 Å². The molecule has 0 unspecified atom stereocenters. The Hall–Kier alpha value is -1.56. The van der Waals surface area contributed by atoms with Gasteiger partial charge < -0.3 is 5.73 Å². The van der Waals surface area contributed by atoms with E-state index in [0.29, 0.717) is 5.82 Å². The Morgan fingerprint density at radius 3 is 2.75 bits per heavy atom. The number of anilines is 1. The van der Waals surface area contributed by atoms with E-state index in [1.54, 1.807) is 18.3 Å². The van der Waals surface area contributed by atoms with Crippen molar-refractivity contribution in [1.29, 1.82) is 5.26 Å². The van der Waals surface area contributed by atoms with Crippen LogP contribution in [0.25, 0.3) is 0 Å². The lowest BCUT2D eigenvalue weighted by atomic mass is 9.87. The average molecular weight is 161 g/mol. The van der Waals surface area contributed by atoms with E-state index >= 15 is 0 Å². The summed E-state index contributed by atoms with van der Waals surface area (Å²) in [5, 5.41) is 8.83. The minimum Gasteiger partial charge on any atom is -0.384 e. The molecule has 0 saturated heterocycles. The number of rotatable bonds is 1. The van der Waals surface area contributed by atoms with E-state index in [1.165, 1.54) is 0 Å². The Bertz CT molecular complexity index is 323. The van der Waals surface area contributed by atoms with Crippen molar-refractivity contribution in [3.8, 4) is 6.07 Å². The normalized spacial score (nSPS) is 10.8. The van der Waals surface area contributed by atoms with Crippen LogP contribution in [0.15, 0.2) is 18.3 Å². The zero-order valence-corrected chi connectivity index (χ0v) is 7.20. The average Bonchev–Trinajstić information content (AvgIpc) is 2.05. The SMILES string of the molecule is CC(C)(C#N)c1ccnc(N)c1. The van der Waals surface area contributed by atoms with Crippen molar-refractivity contribution >= 4 is 5.82 Å². The Morgan fingerprint density at radius 2 is 2.25 bits per heavy atom. The van der Waals surface area contributed by atoms with Crippen LogP contribution >= 0.6 is 0 Å². The zero-order chi connectivity index (χ0) is 9.19. The first-order valence-corrected chi connectivity index (χ1v) is 3.69. The summed E-state index contributed by atoms with van der Waals surface area (Å²) in [4.78, 5) is 3.86. The first-order chi connectivity index (χ1) is 5.56. The molecule has 0 aliphatic carbocycles. The van der Waals surface area contributed by atoms with E-state index < -0.39 is 5.41 Å².